The zero-order valence-electron chi connectivity index (χ0n) is 15.5. The molecule has 0 bridgehead atoms. The molecular formula is C18H37NO4. The minimum Gasteiger partial charge on any atom is -0.481 e. The SMILES string of the molecule is CCCCC(CCCCCC(=O)O)C(=O)O.CCN(CC)CC. The van der Waals surface area contributed by atoms with Crippen molar-refractivity contribution < 1.29 is 19.8 Å². The van der Waals surface area contributed by atoms with Gasteiger partial charge in [-0.1, -0.05) is 53.4 Å². The largest absolute Gasteiger partial charge is 0.481 e. The Morgan fingerprint density at radius 2 is 1.35 bits per heavy atom. The van der Waals surface area contributed by atoms with Crippen molar-refractivity contribution in [3.63, 3.8) is 0 Å². The molecule has 0 fully saturated rings. The van der Waals surface area contributed by atoms with E-state index in [-0.39, 0.29) is 12.3 Å². The molecule has 0 aliphatic carbocycles. The highest BCUT2D eigenvalue weighted by Gasteiger charge is 2.15. The number of aliphatic carboxylic acids is 2. The van der Waals surface area contributed by atoms with Gasteiger partial charge in [-0.2, -0.15) is 0 Å². The monoisotopic (exact) mass is 331 g/mol. The van der Waals surface area contributed by atoms with Crippen LogP contribution in [0.1, 0.15) is 79.1 Å². The standard InChI is InChI=1S/C12H22O4.C6H15N/c1-2-3-7-10(12(15)16)8-5-4-6-9-11(13)14;1-4-7(5-2)6-3/h10H,2-9H2,1H3,(H,13,14)(H,15,16);4-6H2,1-3H3. The van der Waals surface area contributed by atoms with E-state index < -0.39 is 11.9 Å². The molecule has 0 radical (unpaired) electrons. The van der Waals surface area contributed by atoms with E-state index in [9.17, 15) is 9.59 Å². The molecule has 5 nitrogen and oxygen atoms in total. The van der Waals surface area contributed by atoms with E-state index in [4.69, 9.17) is 10.2 Å². The number of hydrogen-bond donors (Lipinski definition) is 2. The zero-order chi connectivity index (χ0) is 18.1. The smallest absolute Gasteiger partial charge is 0.306 e. The molecule has 23 heavy (non-hydrogen) atoms. The van der Waals surface area contributed by atoms with Gasteiger partial charge in [0.25, 0.3) is 0 Å². The molecule has 2 N–H and O–H groups in total. The van der Waals surface area contributed by atoms with Crippen molar-refractivity contribution in [3.8, 4) is 0 Å². The number of hydrogen-bond acceptors (Lipinski definition) is 3. The molecule has 0 saturated carbocycles. The summed E-state index contributed by atoms with van der Waals surface area (Å²) in [5, 5.41) is 17.4. The lowest BCUT2D eigenvalue weighted by atomic mass is 9.95. The van der Waals surface area contributed by atoms with Gasteiger partial charge in [0.15, 0.2) is 0 Å². The lowest BCUT2D eigenvalue weighted by Crippen LogP contribution is -2.21. The molecule has 0 spiro atoms. The minimum absolute atomic E-state index is 0.187. The van der Waals surface area contributed by atoms with Crippen LogP contribution < -0.4 is 0 Å². The van der Waals surface area contributed by atoms with E-state index in [0.717, 1.165) is 32.1 Å². The summed E-state index contributed by atoms with van der Waals surface area (Å²) in [7, 11) is 0. The Labute approximate surface area is 142 Å². The lowest BCUT2D eigenvalue weighted by Gasteiger charge is -2.13. The summed E-state index contributed by atoms with van der Waals surface area (Å²) in [5.74, 6) is -1.74. The molecule has 5 heteroatoms. The molecule has 0 aliphatic heterocycles. The molecule has 1 unspecified atom stereocenters. The third kappa shape index (κ3) is 17.1. The van der Waals surface area contributed by atoms with Gasteiger partial charge in [0.2, 0.25) is 0 Å². The summed E-state index contributed by atoms with van der Waals surface area (Å²) < 4.78 is 0. The molecule has 0 aromatic rings. The van der Waals surface area contributed by atoms with E-state index in [1.165, 1.54) is 19.6 Å². The van der Waals surface area contributed by atoms with Crippen molar-refractivity contribution in [2.75, 3.05) is 19.6 Å². The first kappa shape index (κ1) is 24.2. The first-order valence-electron chi connectivity index (χ1n) is 9.09. The molecular weight excluding hydrogens is 294 g/mol. The van der Waals surface area contributed by atoms with Crippen LogP contribution in [0.2, 0.25) is 0 Å². The summed E-state index contributed by atoms with van der Waals surface area (Å²) in [6.45, 7) is 12.2. The van der Waals surface area contributed by atoms with Gasteiger partial charge in [-0.05, 0) is 38.9 Å². The van der Waals surface area contributed by atoms with E-state index in [1.54, 1.807) is 0 Å². The molecule has 0 aromatic carbocycles. The summed E-state index contributed by atoms with van der Waals surface area (Å²) in [6.07, 6.45) is 5.84. The Morgan fingerprint density at radius 1 is 0.826 bits per heavy atom. The highest BCUT2D eigenvalue weighted by atomic mass is 16.4. The average Bonchev–Trinajstić information content (AvgIpc) is 2.51. The maximum Gasteiger partial charge on any atom is 0.306 e. The van der Waals surface area contributed by atoms with Crippen LogP contribution in [-0.2, 0) is 9.59 Å². The first-order valence-corrected chi connectivity index (χ1v) is 9.09. The quantitative estimate of drug-likeness (QED) is 0.493. The van der Waals surface area contributed by atoms with Crippen LogP contribution in [0.4, 0.5) is 0 Å². The summed E-state index contributed by atoms with van der Waals surface area (Å²) in [6, 6.07) is 0. The van der Waals surface area contributed by atoms with Gasteiger partial charge >= 0.3 is 11.9 Å². The van der Waals surface area contributed by atoms with Crippen LogP contribution in [0.15, 0.2) is 0 Å². The molecule has 0 saturated heterocycles. The third-order valence-corrected chi connectivity index (χ3v) is 4.04. The van der Waals surface area contributed by atoms with Gasteiger partial charge in [-0.3, -0.25) is 9.59 Å². The predicted molar refractivity (Wildman–Crippen MR) is 94.8 cm³/mol. The van der Waals surface area contributed by atoms with Gasteiger partial charge in [-0.15, -0.1) is 0 Å². The van der Waals surface area contributed by atoms with Crippen LogP contribution in [0.3, 0.4) is 0 Å². The highest BCUT2D eigenvalue weighted by Crippen LogP contribution is 2.17. The number of carboxylic acid groups (broad SMARTS) is 2. The van der Waals surface area contributed by atoms with E-state index in [1.807, 2.05) is 6.92 Å². The second-order valence-electron chi connectivity index (χ2n) is 5.79. The van der Waals surface area contributed by atoms with Crippen molar-refractivity contribution in [2.45, 2.75) is 79.1 Å². The summed E-state index contributed by atoms with van der Waals surface area (Å²) in [4.78, 5) is 23.5. The fraction of sp³-hybridized carbons (Fsp3) is 0.889. The number of unbranched alkanes of at least 4 members (excludes halogenated alkanes) is 3. The average molecular weight is 331 g/mol. The topological polar surface area (TPSA) is 77.8 Å². The van der Waals surface area contributed by atoms with Crippen molar-refractivity contribution in [3.05, 3.63) is 0 Å². The second-order valence-corrected chi connectivity index (χ2v) is 5.79. The molecule has 0 heterocycles. The van der Waals surface area contributed by atoms with Crippen molar-refractivity contribution in [1.82, 2.24) is 4.90 Å². The highest BCUT2D eigenvalue weighted by molar-refractivity contribution is 5.69. The molecule has 0 aromatic heterocycles. The van der Waals surface area contributed by atoms with Crippen LogP contribution >= 0.6 is 0 Å². The van der Waals surface area contributed by atoms with Crippen molar-refractivity contribution in [1.29, 1.82) is 0 Å². The van der Waals surface area contributed by atoms with Crippen LogP contribution in [0.25, 0.3) is 0 Å². The molecule has 1 atom stereocenters. The Balaban J connectivity index is 0. The number of carboxylic acids is 2. The van der Waals surface area contributed by atoms with Crippen LogP contribution in [-0.4, -0.2) is 46.7 Å². The first-order chi connectivity index (χ1) is 10.9. The summed E-state index contributed by atoms with van der Waals surface area (Å²) >= 11 is 0. The third-order valence-electron chi connectivity index (χ3n) is 4.04. The van der Waals surface area contributed by atoms with Gasteiger partial charge in [0.1, 0.15) is 0 Å². The van der Waals surface area contributed by atoms with Crippen molar-refractivity contribution in [2.24, 2.45) is 5.92 Å². The Bertz CT molecular complexity index is 285. The Hall–Kier alpha value is -1.10. The Kier molecular flexibility index (Phi) is 18.1. The molecule has 0 amide bonds. The zero-order valence-corrected chi connectivity index (χ0v) is 15.5. The lowest BCUT2D eigenvalue weighted by molar-refractivity contribution is -0.142. The van der Waals surface area contributed by atoms with E-state index in [2.05, 4.69) is 25.7 Å². The normalized spacial score (nSPS) is 11.7. The van der Waals surface area contributed by atoms with E-state index >= 15 is 0 Å². The van der Waals surface area contributed by atoms with Gasteiger partial charge in [-0.25, -0.2) is 0 Å². The number of rotatable bonds is 13. The number of nitrogens with zero attached hydrogens (tertiary/aromatic N) is 1. The maximum absolute atomic E-state index is 10.9. The summed E-state index contributed by atoms with van der Waals surface area (Å²) in [5.41, 5.74) is 0. The van der Waals surface area contributed by atoms with Crippen LogP contribution in [0.5, 0.6) is 0 Å². The molecule has 0 rings (SSSR count). The molecule has 138 valence electrons. The van der Waals surface area contributed by atoms with Gasteiger partial charge < -0.3 is 15.1 Å². The minimum atomic E-state index is -0.777. The van der Waals surface area contributed by atoms with Gasteiger partial charge in [0, 0.05) is 6.42 Å². The van der Waals surface area contributed by atoms with Crippen molar-refractivity contribution >= 4 is 11.9 Å². The fourth-order valence-corrected chi connectivity index (χ4v) is 2.36. The number of carbonyl (C=O) groups is 2. The van der Waals surface area contributed by atoms with Crippen LogP contribution in [0, 0.1) is 5.92 Å². The maximum atomic E-state index is 10.9. The van der Waals surface area contributed by atoms with Gasteiger partial charge in [0.05, 0.1) is 5.92 Å². The van der Waals surface area contributed by atoms with E-state index in [0.29, 0.717) is 12.8 Å². The predicted octanol–water partition coefficient (Wildman–Crippen LogP) is 4.26. The second kappa shape index (κ2) is 17.3. The Morgan fingerprint density at radius 3 is 1.70 bits per heavy atom. The molecule has 0 aliphatic rings. The fourth-order valence-electron chi connectivity index (χ4n) is 2.36.